The molecule has 0 aliphatic rings. The van der Waals surface area contributed by atoms with Crippen LogP contribution in [-0.4, -0.2) is 70.4 Å². The van der Waals surface area contributed by atoms with Crippen LogP contribution in [-0.2, 0) is 26.2 Å². The van der Waals surface area contributed by atoms with Crippen molar-refractivity contribution in [1.82, 2.24) is 15.0 Å². The summed E-state index contributed by atoms with van der Waals surface area (Å²) in [7, 11) is -4.14. The lowest BCUT2D eigenvalue weighted by molar-refractivity contribution is -0.139. The Hall–Kier alpha value is -3.49. The highest BCUT2D eigenvalue weighted by Crippen LogP contribution is 2.21. The molecule has 5 N–H and O–H groups in total. The highest BCUT2D eigenvalue weighted by atomic mass is 32.2. The first-order chi connectivity index (χ1) is 15.9. The van der Waals surface area contributed by atoms with Crippen molar-refractivity contribution < 1.29 is 42.9 Å². The van der Waals surface area contributed by atoms with Crippen LogP contribution < -0.4 is 10.0 Å². The van der Waals surface area contributed by atoms with E-state index in [9.17, 15) is 32.7 Å². The van der Waals surface area contributed by atoms with E-state index in [4.69, 9.17) is 10.2 Å². The average molecular weight is 512 g/mol. The molecule has 0 bridgehead atoms. The largest absolute Gasteiger partial charge is 0.507 e. The summed E-state index contributed by atoms with van der Waals surface area (Å²) >= 11 is 1.19. The van der Waals surface area contributed by atoms with E-state index in [0.717, 1.165) is 24.4 Å². The highest BCUT2D eigenvalue weighted by molar-refractivity contribution is 7.99. The van der Waals surface area contributed by atoms with Crippen LogP contribution in [0.5, 0.6) is 5.75 Å². The number of hydrogen-bond acceptors (Lipinski definition) is 9. The van der Waals surface area contributed by atoms with Gasteiger partial charge in [0.05, 0.1) is 40.9 Å². The van der Waals surface area contributed by atoms with Gasteiger partial charge in [-0.3, -0.25) is 19.4 Å². The minimum atomic E-state index is -4.14. The van der Waals surface area contributed by atoms with Crippen LogP contribution in [0, 0.1) is 0 Å². The Labute approximate surface area is 198 Å². The average Bonchev–Trinajstić information content (AvgIpc) is 2.77. The lowest BCUT2D eigenvalue weighted by atomic mass is 10.1. The minimum Gasteiger partial charge on any atom is -0.507 e. The van der Waals surface area contributed by atoms with Crippen LogP contribution in [0.2, 0.25) is 0 Å². The van der Waals surface area contributed by atoms with E-state index in [2.05, 4.69) is 15.0 Å². The number of carboxylic acids is 2. The summed E-state index contributed by atoms with van der Waals surface area (Å²) in [6.45, 7) is -0.290. The predicted octanol–water partition coefficient (Wildman–Crippen LogP) is 0.469. The number of Topliss-reactive ketones (excluding diaryl/α,β-unsaturated/α-hetero) is 1. The first-order valence-corrected chi connectivity index (χ1v) is 12.4. The van der Waals surface area contributed by atoms with Gasteiger partial charge in [0, 0.05) is 6.20 Å². The maximum Gasteiger partial charge on any atom is 0.339 e. The van der Waals surface area contributed by atoms with E-state index in [1.54, 1.807) is 6.26 Å². The van der Waals surface area contributed by atoms with Crippen molar-refractivity contribution in [2.24, 2.45) is 0 Å². The molecule has 14 heteroatoms. The predicted molar refractivity (Wildman–Crippen MR) is 120 cm³/mol. The summed E-state index contributed by atoms with van der Waals surface area (Å²) in [6, 6.07) is 4.28. The smallest absolute Gasteiger partial charge is 0.339 e. The van der Waals surface area contributed by atoms with Crippen LogP contribution in [0.3, 0.4) is 0 Å². The van der Waals surface area contributed by atoms with Gasteiger partial charge in [-0.2, -0.15) is 11.8 Å². The number of rotatable bonds is 12. The first kappa shape index (κ1) is 26.8. The third kappa shape index (κ3) is 7.26. The Bertz CT molecular complexity index is 1200. The first-order valence-electron chi connectivity index (χ1n) is 9.49. The van der Waals surface area contributed by atoms with Crippen molar-refractivity contribution in [1.29, 1.82) is 0 Å². The van der Waals surface area contributed by atoms with E-state index in [1.807, 2.05) is 0 Å². The molecule has 0 saturated carbocycles. The summed E-state index contributed by atoms with van der Waals surface area (Å²) in [5.74, 6) is -4.45. The number of aromatic nitrogens is 1. The summed E-state index contributed by atoms with van der Waals surface area (Å²) < 4.78 is 27.1. The van der Waals surface area contributed by atoms with Crippen LogP contribution in [0.15, 0.2) is 41.4 Å². The number of phenols is 1. The van der Waals surface area contributed by atoms with Gasteiger partial charge in [-0.1, -0.05) is 0 Å². The Morgan fingerprint density at radius 2 is 1.82 bits per heavy atom. The van der Waals surface area contributed by atoms with Gasteiger partial charge in [0.15, 0.2) is 5.78 Å². The number of aromatic carboxylic acids is 1. The Morgan fingerprint density at radius 1 is 1.12 bits per heavy atom. The molecule has 182 valence electrons. The second kappa shape index (κ2) is 11.6. The fourth-order valence-electron chi connectivity index (χ4n) is 2.67. The fraction of sp³-hybridized carbons (Fsp3) is 0.250. The topological polar surface area (TPSA) is 200 Å². The number of aliphatic carboxylic acids is 1. The molecule has 1 aromatic carbocycles. The number of carbonyl (C=O) groups is 4. The second-order valence-electron chi connectivity index (χ2n) is 6.87. The number of sulfonamides is 1. The van der Waals surface area contributed by atoms with Crippen molar-refractivity contribution in [3.05, 3.63) is 53.3 Å². The molecule has 0 unspecified atom stereocenters. The summed E-state index contributed by atoms with van der Waals surface area (Å²) in [6.07, 6.45) is 2.24. The number of ketones is 1. The maximum absolute atomic E-state index is 12.4. The van der Waals surface area contributed by atoms with E-state index < -0.39 is 57.4 Å². The van der Waals surface area contributed by atoms with Gasteiger partial charge in [-0.25, -0.2) is 17.9 Å². The summed E-state index contributed by atoms with van der Waals surface area (Å²) in [5.41, 5.74) is -0.324. The number of benzene rings is 1. The van der Waals surface area contributed by atoms with E-state index in [0.29, 0.717) is 0 Å². The van der Waals surface area contributed by atoms with Crippen molar-refractivity contribution in [2.75, 3.05) is 12.0 Å². The van der Waals surface area contributed by atoms with Gasteiger partial charge >= 0.3 is 11.9 Å². The molecule has 0 spiro atoms. The minimum absolute atomic E-state index is 0.0311. The zero-order valence-electron chi connectivity index (χ0n) is 17.7. The number of aromatic hydroxyl groups is 1. The fourth-order valence-corrected chi connectivity index (χ4v) is 4.18. The Kier molecular flexibility index (Phi) is 9.11. The number of carboxylic acid groups (broad SMARTS) is 2. The molecule has 1 amide bonds. The van der Waals surface area contributed by atoms with Crippen molar-refractivity contribution in [2.45, 2.75) is 23.9 Å². The van der Waals surface area contributed by atoms with Crippen molar-refractivity contribution in [3.63, 3.8) is 0 Å². The van der Waals surface area contributed by atoms with Gasteiger partial charge in [0.2, 0.25) is 10.0 Å². The normalized spacial score (nSPS) is 12.0. The van der Waals surface area contributed by atoms with Gasteiger partial charge in [0.1, 0.15) is 11.3 Å². The molecule has 34 heavy (non-hydrogen) atoms. The molecular weight excluding hydrogens is 490 g/mol. The zero-order chi connectivity index (χ0) is 25.5. The standard InChI is InChI=1S/C20H21N3O9S2/c1-33-10-17(25)15(7-18(26)27)23-19(28)11-2-3-12(21-8-11)9-22-34(31,32)13-4-5-16(24)14(6-13)20(29)30/h2-6,8,15,22,24H,7,9-10H2,1H3,(H,23,28)(H,26,27)(H,29,30)/t15-/m0/s1. The Morgan fingerprint density at radius 3 is 2.38 bits per heavy atom. The summed E-state index contributed by atoms with van der Waals surface area (Å²) in [4.78, 5) is 50.1. The molecule has 2 rings (SSSR count). The molecule has 0 aliphatic carbocycles. The molecule has 0 aliphatic heterocycles. The number of pyridine rings is 1. The van der Waals surface area contributed by atoms with Crippen molar-refractivity contribution >= 4 is 45.4 Å². The van der Waals surface area contributed by atoms with Gasteiger partial charge in [-0.15, -0.1) is 0 Å². The molecule has 1 aromatic heterocycles. The lowest BCUT2D eigenvalue weighted by Gasteiger charge is -2.15. The zero-order valence-corrected chi connectivity index (χ0v) is 19.4. The number of carbonyl (C=O) groups excluding carboxylic acids is 2. The van der Waals surface area contributed by atoms with Crippen LogP contribution in [0.4, 0.5) is 0 Å². The van der Waals surface area contributed by atoms with Crippen LogP contribution >= 0.6 is 11.8 Å². The Balaban J connectivity index is 2.07. The molecule has 0 fully saturated rings. The number of hydrogen-bond donors (Lipinski definition) is 5. The molecule has 1 heterocycles. The molecular formula is C20H21N3O9S2. The molecule has 2 aromatic rings. The van der Waals surface area contributed by atoms with Gasteiger partial charge < -0.3 is 20.6 Å². The third-order valence-corrected chi connectivity index (χ3v) is 6.37. The third-order valence-electron chi connectivity index (χ3n) is 4.40. The number of nitrogens with zero attached hydrogens (tertiary/aromatic N) is 1. The van der Waals surface area contributed by atoms with Crippen LogP contribution in [0.25, 0.3) is 0 Å². The maximum atomic E-state index is 12.4. The highest BCUT2D eigenvalue weighted by Gasteiger charge is 2.24. The van der Waals surface area contributed by atoms with E-state index in [-0.39, 0.29) is 28.5 Å². The van der Waals surface area contributed by atoms with E-state index >= 15 is 0 Å². The molecule has 12 nitrogen and oxygen atoms in total. The summed E-state index contributed by atoms with van der Waals surface area (Å²) in [5, 5.41) is 29.9. The SMILES string of the molecule is CSCC(=O)[C@H](CC(=O)O)NC(=O)c1ccc(CNS(=O)(=O)c2ccc(O)c(C(=O)O)c2)nc1. The number of amides is 1. The molecule has 0 saturated heterocycles. The quantitative estimate of drug-likeness (QED) is 0.265. The molecule has 1 atom stereocenters. The van der Waals surface area contributed by atoms with Gasteiger partial charge in [0.25, 0.3) is 5.91 Å². The lowest BCUT2D eigenvalue weighted by Crippen LogP contribution is -2.43. The van der Waals surface area contributed by atoms with E-state index in [1.165, 1.54) is 23.9 Å². The van der Waals surface area contributed by atoms with Crippen LogP contribution in [0.1, 0.15) is 32.8 Å². The molecule has 0 radical (unpaired) electrons. The number of thioether (sulfide) groups is 1. The van der Waals surface area contributed by atoms with Gasteiger partial charge in [-0.05, 0) is 36.6 Å². The number of nitrogens with one attached hydrogen (secondary N) is 2. The second-order valence-corrected chi connectivity index (χ2v) is 9.50. The monoisotopic (exact) mass is 511 g/mol. The van der Waals surface area contributed by atoms with Crippen molar-refractivity contribution in [3.8, 4) is 5.75 Å².